The van der Waals surface area contributed by atoms with Gasteiger partial charge >= 0.3 is 12.3 Å². The van der Waals surface area contributed by atoms with Crippen molar-refractivity contribution in [3.63, 3.8) is 0 Å². The molecular formula is C5H9AlINO. The molecule has 0 radical (unpaired) electrons. The first-order valence-corrected chi connectivity index (χ1v) is 8.59. The van der Waals surface area contributed by atoms with E-state index in [4.69, 9.17) is 3.79 Å². The van der Waals surface area contributed by atoms with Crippen LogP contribution < -0.4 is 5.32 Å². The van der Waals surface area contributed by atoms with Crippen LogP contribution in [0.2, 0.25) is 0 Å². The first kappa shape index (κ1) is 8.02. The second-order valence-electron chi connectivity index (χ2n) is 2.05. The summed E-state index contributed by atoms with van der Waals surface area (Å²) in [6.45, 7) is 5.79. The number of hydrogen-bond donors (Lipinski definition) is 1. The lowest BCUT2D eigenvalue weighted by Crippen LogP contribution is -2.17. The van der Waals surface area contributed by atoms with Gasteiger partial charge in [0.05, 0.1) is 6.10 Å². The van der Waals surface area contributed by atoms with Gasteiger partial charge in [-0.3, -0.25) is 0 Å². The molecule has 1 aliphatic rings. The molecule has 0 aromatic carbocycles. The molecule has 1 atom stereocenters. The molecular weight excluding hydrogens is 244 g/mol. The van der Waals surface area contributed by atoms with Crippen LogP contribution in [0.1, 0.15) is 0 Å². The van der Waals surface area contributed by atoms with E-state index in [1.807, 2.05) is 0 Å². The van der Waals surface area contributed by atoms with E-state index in [-0.39, 0.29) is 12.3 Å². The Morgan fingerprint density at radius 3 is 3.11 bits per heavy atom. The van der Waals surface area contributed by atoms with E-state index < -0.39 is 0 Å². The standard InChI is InChI=1S/C5H8NO.Al.HI.H/c1-4-2-6-3-5(4)7;;;/h5-6H,1-3H2;;1H;/q-1;+2;;/p-1/t5-;;;/m0.../s1. The van der Waals surface area contributed by atoms with E-state index in [2.05, 4.69) is 32.2 Å². The van der Waals surface area contributed by atoms with Crippen molar-refractivity contribution in [3.8, 4) is 0 Å². The summed E-state index contributed by atoms with van der Waals surface area (Å²) >= 11 is 2.06. The van der Waals surface area contributed by atoms with Crippen LogP contribution in [-0.2, 0) is 3.79 Å². The van der Waals surface area contributed by atoms with Crippen LogP contribution in [0, 0.1) is 0 Å². The van der Waals surface area contributed by atoms with Gasteiger partial charge < -0.3 is 9.11 Å². The molecule has 1 saturated heterocycles. The fourth-order valence-corrected chi connectivity index (χ4v) is 2.68. The number of halogens is 1. The third-order valence-electron chi connectivity index (χ3n) is 1.40. The van der Waals surface area contributed by atoms with Gasteiger partial charge in [0.15, 0.2) is 0 Å². The highest BCUT2D eigenvalue weighted by atomic mass is 127. The molecule has 0 aliphatic carbocycles. The van der Waals surface area contributed by atoms with Crippen molar-refractivity contribution in [1.82, 2.24) is 5.32 Å². The SMILES string of the molecule is C=C1CNC[C@@H]1[O][AlH][I]. The molecule has 0 aromatic heterocycles. The number of nitrogens with one attached hydrogen (secondary N) is 1. The van der Waals surface area contributed by atoms with Crippen LogP contribution in [0.5, 0.6) is 0 Å². The van der Waals surface area contributed by atoms with Gasteiger partial charge in [0.2, 0.25) is 0 Å². The average Bonchev–Trinajstić information content (AvgIpc) is 2.18. The molecule has 0 aromatic rings. The van der Waals surface area contributed by atoms with E-state index in [9.17, 15) is 0 Å². The molecule has 1 aliphatic heterocycles. The summed E-state index contributed by atoms with van der Waals surface area (Å²) in [5.41, 5.74) is 1.21. The van der Waals surface area contributed by atoms with Crippen LogP contribution >= 0.6 is 20.3 Å². The molecule has 4 heteroatoms. The van der Waals surface area contributed by atoms with Gasteiger partial charge in [-0.25, -0.2) is 0 Å². The molecule has 9 heavy (non-hydrogen) atoms. The zero-order valence-corrected chi connectivity index (χ0v) is 8.76. The summed E-state index contributed by atoms with van der Waals surface area (Å²) in [4.78, 5) is 0. The highest BCUT2D eigenvalue weighted by Crippen LogP contribution is 2.08. The molecule has 1 fully saturated rings. The Morgan fingerprint density at radius 2 is 2.67 bits per heavy atom. The molecule has 0 saturated carbocycles. The average molecular weight is 253 g/mol. The molecule has 1 heterocycles. The van der Waals surface area contributed by atoms with Crippen molar-refractivity contribution in [1.29, 1.82) is 0 Å². The van der Waals surface area contributed by atoms with E-state index in [0.717, 1.165) is 13.1 Å². The molecule has 0 bridgehead atoms. The predicted octanol–water partition coefficient (Wildman–Crippen LogP) is 0.232. The Hall–Kier alpha value is 0.922. The normalized spacial score (nSPS) is 26.8. The lowest BCUT2D eigenvalue weighted by atomic mass is 10.2. The van der Waals surface area contributed by atoms with Crippen LogP contribution in [0.15, 0.2) is 12.2 Å². The number of hydrogen-bond acceptors (Lipinski definition) is 2. The second kappa shape index (κ2) is 3.94. The fraction of sp³-hybridized carbons (Fsp3) is 0.600. The topological polar surface area (TPSA) is 21.3 Å². The minimum atomic E-state index is -0.278. The van der Waals surface area contributed by atoms with Crippen molar-refractivity contribution in [2.24, 2.45) is 0 Å². The molecule has 2 nitrogen and oxygen atoms in total. The lowest BCUT2D eigenvalue weighted by Gasteiger charge is -2.08. The predicted molar refractivity (Wildman–Crippen MR) is 48.1 cm³/mol. The van der Waals surface area contributed by atoms with Gasteiger partial charge in [0, 0.05) is 13.1 Å². The maximum Gasteiger partial charge on any atom is 0.526 e. The van der Waals surface area contributed by atoms with Crippen molar-refractivity contribution < 1.29 is 3.79 Å². The van der Waals surface area contributed by atoms with Crippen LogP contribution in [0.25, 0.3) is 0 Å². The maximum absolute atomic E-state index is 5.48. The first-order valence-electron chi connectivity index (χ1n) is 2.90. The summed E-state index contributed by atoms with van der Waals surface area (Å²) < 4.78 is 5.48. The zero-order chi connectivity index (χ0) is 6.69. The van der Waals surface area contributed by atoms with Crippen molar-refractivity contribution in [3.05, 3.63) is 12.2 Å². The minimum absolute atomic E-state index is 0.278. The van der Waals surface area contributed by atoms with Crippen molar-refractivity contribution in [2.45, 2.75) is 6.10 Å². The molecule has 0 spiro atoms. The summed E-state index contributed by atoms with van der Waals surface area (Å²) in [7, 11) is 0. The van der Waals surface area contributed by atoms with Crippen molar-refractivity contribution >= 4 is 32.5 Å². The van der Waals surface area contributed by atoms with Crippen molar-refractivity contribution in [2.75, 3.05) is 13.1 Å². The fourth-order valence-electron chi connectivity index (χ4n) is 0.875. The van der Waals surface area contributed by atoms with Crippen LogP contribution in [-0.4, -0.2) is 31.5 Å². The summed E-state index contributed by atoms with van der Waals surface area (Å²) in [5, 5.41) is 3.20. The highest BCUT2D eigenvalue weighted by molar-refractivity contribution is 14.1. The third kappa shape index (κ3) is 2.21. The smallest absolute Gasteiger partial charge is 0.489 e. The highest BCUT2D eigenvalue weighted by Gasteiger charge is 2.17. The third-order valence-corrected chi connectivity index (χ3v) is 3.01. The summed E-state index contributed by atoms with van der Waals surface area (Å²) in [6.07, 6.45) is 0.327. The Bertz CT molecular complexity index is 120. The molecule has 1 rings (SSSR count). The van der Waals surface area contributed by atoms with Gasteiger partial charge in [-0.1, -0.05) is 6.58 Å². The second-order valence-corrected chi connectivity index (χ2v) is 4.47. The van der Waals surface area contributed by atoms with Gasteiger partial charge in [-0.2, -0.15) is 20.3 Å². The largest absolute Gasteiger partial charge is 0.526 e. The van der Waals surface area contributed by atoms with Gasteiger partial charge in [-0.05, 0) is 5.57 Å². The Labute approximate surface area is 72.8 Å². The lowest BCUT2D eigenvalue weighted by molar-refractivity contribution is 0.280. The van der Waals surface area contributed by atoms with Gasteiger partial charge in [-0.15, -0.1) is 0 Å². The first-order chi connectivity index (χ1) is 4.34. The van der Waals surface area contributed by atoms with E-state index >= 15 is 0 Å². The Kier molecular flexibility index (Phi) is 3.51. The minimum Gasteiger partial charge on any atom is -0.489 e. The quantitative estimate of drug-likeness (QED) is 0.432. The Balaban J connectivity index is 2.31. The van der Waals surface area contributed by atoms with Gasteiger partial charge in [0.25, 0.3) is 0 Å². The van der Waals surface area contributed by atoms with E-state index in [0.29, 0.717) is 6.10 Å². The summed E-state index contributed by atoms with van der Waals surface area (Å²) in [5.74, 6) is 0. The maximum atomic E-state index is 5.48. The molecule has 1 N–H and O–H groups in total. The summed E-state index contributed by atoms with van der Waals surface area (Å²) in [6, 6.07) is 0. The number of rotatable bonds is 2. The van der Waals surface area contributed by atoms with Gasteiger partial charge in [0.1, 0.15) is 0 Å². The monoisotopic (exact) mass is 253 g/mol. The molecule has 50 valence electrons. The molecule has 0 unspecified atom stereocenters. The van der Waals surface area contributed by atoms with E-state index in [1.54, 1.807) is 0 Å². The Morgan fingerprint density at radius 1 is 1.89 bits per heavy atom. The van der Waals surface area contributed by atoms with Crippen LogP contribution in [0.3, 0.4) is 0 Å². The van der Waals surface area contributed by atoms with Crippen LogP contribution in [0.4, 0.5) is 0 Å². The molecule has 0 amide bonds. The van der Waals surface area contributed by atoms with E-state index in [1.165, 1.54) is 5.57 Å². The zero-order valence-electron chi connectivity index (χ0n) is 5.19.